The monoisotopic (exact) mass is 333 g/mol. The number of benzene rings is 2. The van der Waals surface area contributed by atoms with E-state index in [4.69, 9.17) is 11.6 Å². The minimum atomic E-state index is -0.401. The maximum absolute atomic E-state index is 11.7. The van der Waals surface area contributed by atoms with Gasteiger partial charge < -0.3 is 10.1 Å². The minimum absolute atomic E-state index is 0.317. The van der Waals surface area contributed by atoms with Gasteiger partial charge in [0.15, 0.2) is 0 Å². The van der Waals surface area contributed by atoms with Crippen molar-refractivity contribution in [3.8, 4) is 0 Å². The molecule has 3 N–H and O–H groups in total. The van der Waals surface area contributed by atoms with Crippen molar-refractivity contribution in [2.75, 3.05) is 12.5 Å². The first-order valence-corrected chi connectivity index (χ1v) is 7.19. The number of esters is 1. The largest absolute Gasteiger partial charge is 0.465 e. The van der Waals surface area contributed by atoms with Crippen molar-refractivity contribution in [1.82, 2.24) is 10.7 Å². The van der Waals surface area contributed by atoms with Crippen LogP contribution in [0.15, 0.2) is 48.5 Å². The molecule has 0 saturated heterocycles. The van der Waals surface area contributed by atoms with Crippen LogP contribution in [0.4, 0.5) is 10.5 Å². The molecule has 0 spiro atoms. The van der Waals surface area contributed by atoms with Crippen molar-refractivity contribution < 1.29 is 14.3 Å². The lowest BCUT2D eigenvalue weighted by Gasteiger charge is -2.11. The van der Waals surface area contributed by atoms with Gasteiger partial charge in [-0.15, -0.1) is 0 Å². The predicted octanol–water partition coefficient (Wildman–Crippen LogP) is 2.95. The van der Waals surface area contributed by atoms with E-state index in [2.05, 4.69) is 20.9 Å². The van der Waals surface area contributed by atoms with E-state index in [0.29, 0.717) is 22.8 Å². The number of methoxy groups -OCH3 is 1. The number of carbonyl (C=O) groups excluding carboxylic acids is 2. The average Bonchev–Trinajstić information content (AvgIpc) is 2.59. The number of amides is 2. The number of para-hydroxylation sites is 1. The number of urea groups is 1. The first-order valence-electron chi connectivity index (χ1n) is 6.82. The van der Waals surface area contributed by atoms with Gasteiger partial charge in [0.25, 0.3) is 0 Å². The van der Waals surface area contributed by atoms with Crippen molar-refractivity contribution in [3.05, 3.63) is 64.7 Å². The van der Waals surface area contributed by atoms with Crippen LogP contribution in [0.5, 0.6) is 0 Å². The quantitative estimate of drug-likeness (QED) is 0.580. The van der Waals surface area contributed by atoms with Crippen molar-refractivity contribution >= 4 is 29.3 Å². The molecule has 0 unspecified atom stereocenters. The number of nitrogens with one attached hydrogen (secondary N) is 3. The maximum Gasteiger partial charge on any atom is 0.337 e. The number of ether oxygens (including phenoxy) is 1. The molecule has 0 atom stereocenters. The van der Waals surface area contributed by atoms with Gasteiger partial charge in [-0.05, 0) is 29.8 Å². The van der Waals surface area contributed by atoms with E-state index in [1.807, 2.05) is 0 Å². The number of anilines is 1. The molecule has 0 bridgehead atoms. The first-order chi connectivity index (χ1) is 11.1. The van der Waals surface area contributed by atoms with Gasteiger partial charge in [0.1, 0.15) is 0 Å². The molecule has 0 aromatic heterocycles. The van der Waals surface area contributed by atoms with E-state index in [9.17, 15) is 9.59 Å². The molecule has 0 fully saturated rings. The van der Waals surface area contributed by atoms with Crippen LogP contribution in [0.1, 0.15) is 15.9 Å². The van der Waals surface area contributed by atoms with Crippen LogP contribution in [0, 0.1) is 0 Å². The third-order valence-electron chi connectivity index (χ3n) is 3.01. The van der Waals surface area contributed by atoms with Gasteiger partial charge in [-0.2, -0.15) is 0 Å². The van der Waals surface area contributed by atoms with E-state index < -0.39 is 12.0 Å². The molecule has 0 radical (unpaired) electrons. The zero-order valence-corrected chi connectivity index (χ0v) is 13.2. The fraction of sp³-hybridized carbons (Fsp3) is 0.125. The van der Waals surface area contributed by atoms with E-state index in [-0.39, 0.29) is 0 Å². The van der Waals surface area contributed by atoms with Gasteiger partial charge in [-0.1, -0.05) is 35.9 Å². The SMILES string of the molecule is COC(=O)c1ccc(CNC(=O)NNc2ccccc2Cl)cc1. The van der Waals surface area contributed by atoms with Crippen LogP contribution in [0.25, 0.3) is 0 Å². The molecule has 120 valence electrons. The molecule has 0 aliphatic rings. The van der Waals surface area contributed by atoms with E-state index in [0.717, 1.165) is 5.56 Å². The molecule has 2 aromatic rings. The number of halogens is 1. The number of rotatable bonds is 5. The van der Waals surface area contributed by atoms with Crippen molar-refractivity contribution in [2.45, 2.75) is 6.54 Å². The molecular weight excluding hydrogens is 318 g/mol. The number of carbonyl (C=O) groups is 2. The summed E-state index contributed by atoms with van der Waals surface area (Å²) in [6.07, 6.45) is 0. The Bertz CT molecular complexity index is 689. The van der Waals surface area contributed by atoms with Crippen LogP contribution in [-0.2, 0) is 11.3 Å². The Hall–Kier alpha value is -2.73. The van der Waals surface area contributed by atoms with Gasteiger partial charge in [-0.3, -0.25) is 10.9 Å². The Balaban J connectivity index is 1.80. The summed E-state index contributed by atoms with van der Waals surface area (Å²) in [5.74, 6) is -0.397. The highest BCUT2D eigenvalue weighted by Gasteiger charge is 2.05. The average molecular weight is 334 g/mol. The standard InChI is InChI=1S/C16H16ClN3O3/c1-23-15(21)12-8-6-11(7-9-12)10-18-16(22)20-19-14-5-3-2-4-13(14)17/h2-9,19H,10H2,1H3,(H2,18,20,22). The second kappa shape index (κ2) is 8.05. The summed E-state index contributed by atoms with van der Waals surface area (Å²) in [5.41, 5.74) is 7.13. The number of hydrogen-bond donors (Lipinski definition) is 3. The van der Waals surface area contributed by atoms with Gasteiger partial charge in [0.2, 0.25) is 0 Å². The highest BCUT2D eigenvalue weighted by Crippen LogP contribution is 2.19. The molecule has 2 aromatic carbocycles. The van der Waals surface area contributed by atoms with E-state index >= 15 is 0 Å². The van der Waals surface area contributed by atoms with Crippen LogP contribution < -0.4 is 16.2 Å². The van der Waals surface area contributed by atoms with Crippen LogP contribution in [0.2, 0.25) is 5.02 Å². The number of hydrazine groups is 1. The predicted molar refractivity (Wildman–Crippen MR) is 88.2 cm³/mol. The molecule has 2 rings (SSSR count). The van der Waals surface area contributed by atoms with E-state index in [1.165, 1.54) is 7.11 Å². The maximum atomic E-state index is 11.7. The summed E-state index contributed by atoms with van der Waals surface area (Å²) >= 11 is 5.96. The van der Waals surface area contributed by atoms with Crippen molar-refractivity contribution in [2.24, 2.45) is 0 Å². The molecular formula is C16H16ClN3O3. The summed E-state index contributed by atoms with van der Waals surface area (Å²) < 4.78 is 4.62. The third-order valence-corrected chi connectivity index (χ3v) is 3.34. The van der Waals surface area contributed by atoms with Crippen molar-refractivity contribution in [1.29, 1.82) is 0 Å². The molecule has 0 saturated carbocycles. The molecule has 6 nitrogen and oxygen atoms in total. The Morgan fingerprint density at radius 1 is 1.09 bits per heavy atom. The Morgan fingerprint density at radius 3 is 2.43 bits per heavy atom. The molecule has 7 heteroatoms. The zero-order chi connectivity index (χ0) is 16.7. The summed E-state index contributed by atoms with van der Waals surface area (Å²) in [7, 11) is 1.33. The van der Waals surface area contributed by atoms with Gasteiger partial charge in [0, 0.05) is 6.54 Å². The molecule has 0 aliphatic heterocycles. The lowest BCUT2D eigenvalue weighted by Crippen LogP contribution is -2.38. The van der Waals surface area contributed by atoms with Crippen LogP contribution in [0.3, 0.4) is 0 Å². The zero-order valence-electron chi connectivity index (χ0n) is 12.4. The van der Waals surface area contributed by atoms with Crippen LogP contribution in [-0.4, -0.2) is 19.1 Å². The highest BCUT2D eigenvalue weighted by molar-refractivity contribution is 6.33. The van der Waals surface area contributed by atoms with E-state index in [1.54, 1.807) is 48.5 Å². The van der Waals surface area contributed by atoms with Gasteiger partial charge >= 0.3 is 12.0 Å². The fourth-order valence-corrected chi connectivity index (χ4v) is 1.97. The summed E-state index contributed by atoms with van der Waals surface area (Å²) in [6, 6.07) is 13.4. The second-order valence-electron chi connectivity index (χ2n) is 4.60. The first kappa shape index (κ1) is 16.6. The Morgan fingerprint density at radius 2 is 1.78 bits per heavy atom. The van der Waals surface area contributed by atoms with Gasteiger partial charge in [0.05, 0.1) is 23.4 Å². The Labute approximate surface area is 138 Å². The molecule has 2 amide bonds. The molecule has 23 heavy (non-hydrogen) atoms. The van der Waals surface area contributed by atoms with Crippen molar-refractivity contribution in [3.63, 3.8) is 0 Å². The minimum Gasteiger partial charge on any atom is -0.465 e. The number of hydrogen-bond acceptors (Lipinski definition) is 4. The topological polar surface area (TPSA) is 79.5 Å². The summed E-state index contributed by atoms with van der Waals surface area (Å²) in [4.78, 5) is 23.0. The summed E-state index contributed by atoms with van der Waals surface area (Å²) in [6.45, 7) is 0.317. The lowest BCUT2D eigenvalue weighted by molar-refractivity contribution is 0.0600. The Kier molecular flexibility index (Phi) is 5.82. The normalized spacial score (nSPS) is 9.83. The molecule has 0 aliphatic carbocycles. The lowest BCUT2D eigenvalue weighted by atomic mass is 10.1. The summed E-state index contributed by atoms with van der Waals surface area (Å²) in [5, 5.41) is 3.19. The van der Waals surface area contributed by atoms with Gasteiger partial charge in [-0.25, -0.2) is 9.59 Å². The molecule has 0 heterocycles. The fourth-order valence-electron chi connectivity index (χ4n) is 1.79. The smallest absolute Gasteiger partial charge is 0.337 e. The second-order valence-corrected chi connectivity index (χ2v) is 5.01. The third kappa shape index (κ3) is 4.89. The van der Waals surface area contributed by atoms with Crippen LogP contribution >= 0.6 is 11.6 Å². The highest BCUT2D eigenvalue weighted by atomic mass is 35.5.